The number of para-hydroxylation sites is 2. The van der Waals surface area contributed by atoms with Crippen LogP contribution in [0.1, 0.15) is 0 Å². The van der Waals surface area contributed by atoms with E-state index in [1.807, 2.05) is 6.07 Å². The van der Waals surface area contributed by atoms with Gasteiger partial charge in [-0.1, -0.05) is 36.4 Å². The van der Waals surface area contributed by atoms with Gasteiger partial charge in [-0.2, -0.15) is 0 Å². The summed E-state index contributed by atoms with van der Waals surface area (Å²) in [6.45, 7) is 0. The Kier molecular flexibility index (Phi) is 2.56. The topological polar surface area (TPSA) is 8.17 Å². The molecular formula is C16H16N2. The van der Waals surface area contributed by atoms with Gasteiger partial charge in [-0.25, -0.2) is 0 Å². The first-order valence-electron chi connectivity index (χ1n) is 6.10. The van der Waals surface area contributed by atoms with E-state index in [0.29, 0.717) is 0 Å². The zero-order chi connectivity index (χ0) is 12.5. The Morgan fingerprint density at radius 2 is 1.56 bits per heavy atom. The summed E-state index contributed by atoms with van der Waals surface area (Å²) in [4.78, 5) is 2.21. The van der Waals surface area contributed by atoms with Crippen LogP contribution in [-0.2, 0) is 7.05 Å². The first-order valence-corrected chi connectivity index (χ1v) is 6.10. The van der Waals surface area contributed by atoms with Crippen LogP contribution < -0.4 is 4.90 Å². The Morgan fingerprint density at radius 3 is 2.28 bits per heavy atom. The van der Waals surface area contributed by atoms with Crippen LogP contribution in [0.25, 0.3) is 10.9 Å². The lowest BCUT2D eigenvalue weighted by molar-refractivity contribution is 0.934. The van der Waals surface area contributed by atoms with Gasteiger partial charge >= 0.3 is 0 Å². The molecule has 2 heteroatoms. The van der Waals surface area contributed by atoms with Gasteiger partial charge in [-0.3, -0.25) is 0 Å². The lowest BCUT2D eigenvalue weighted by Gasteiger charge is -2.19. The van der Waals surface area contributed by atoms with Crippen LogP contribution in [0.15, 0.2) is 60.7 Å². The van der Waals surface area contributed by atoms with Gasteiger partial charge in [0.1, 0.15) is 5.82 Å². The molecule has 1 heterocycles. The number of fused-ring (bicyclic) bond motifs is 1. The highest BCUT2D eigenvalue weighted by atomic mass is 15.2. The van der Waals surface area contributed by atoms with Crippen LogP contribution >= 0.6 is 0 Å². The molecule has 0 fully saturated rings. The maximum absolute atomic E-state index is 2.22. The monoisotopic (exact) mass is 236 g/mol. The normalized spacial score (nSPS) is 10.8. The zero-order valence-corrected chi connectivity index (χ0v) is 10.7. The van der Waals surface area contributed by atoms with Crippen LogP contribution in [0.5, 0.6) is 0 Å². The lowest BCUT2D eigenvalue weighted by atomic mass is 10.2. The van der Waals surface area contributed by atoms with Gasteiger partial charge < -0.3 is 9.47 Å². The van der Waals surface area contributed by atoms with Gasteiger partial charge in [-0.15, -0.1) is 0 Å². The third-order valence-electron chi connectivity index (χ3n) is 3.41. The van der Waals surface area contributed by atoms with Gasteiger partial charge in [0, 0.05) is 30.7 Å². The van der Waals surface area contributed by atoms with Gasteiger partial charge in [0.15, 0.2) is 0 Å². The molecule has 2 aromatic carbocycles. The van der Waals surface area contributed by atoms with E-state index in [1.165, 1.54) is 22.4 Å². The van der Waals surface area contributed by atoms with Crippen LogP contribution in [0.2, 0.25) is 0 Å². The quantitative estimate of drug-likeness (QED) is 0.654. The maximum Gasteiger partial charge on any atom is 0.113 e. The number of aromatic nitrogens is 1. The second kappa shape index (κ2) is 4.22. The SMILES string of the molecule is CN(c1ccccc1)c1cc2ccccc2n1C. The third-order valence-corrected chi connectivity index (χ3v) is 3.41. The molecule has 18 heavy (non-hydrogen) atoms. The number of nitrogens with zero attached hydrogens (tertiary/aromatic N) is 2. The van der Waals surface area contributed by atoms with Crippen molar-refractivity contribution in [2.75, 3.05) is 11.9 Å². The molecule has 0 saturated heterocycles. The second-order valence-corrected chi connectivity index (χ2v) is 4.51. The highest BCUT2D eigenvalue weighted by molar-refractivity contribution is 5.86. The summed E-state index contributed by atoms with van der Waals surface area (Å²) in [6, 6.07) is 21.1. The Morgan fingerprint density at radius 1 is 0.889 bits per heavy atom. The molecule has 0 atom stereocenters. The number of benzene rings is 2. The van der Waals surface area contributed by atoms with Crippen molar-refractivity contribution in [1.82, 2.24) is 4.57 Å². The van der Waals surface area contributed by atoms with E-state index in [4.69, 9.17) is 0 Å². The van der Waals surface area contributed by atoms with Gasteiger partial charge in [0.25, 0.3) is 0 Å². The van der Waals surface area contributed by atoms with Crippen molar-refractivity contribution < 1.29 is 0 Å². The highest BCUT2D eigenvalue weighted by Crippen LogP contribution is 2.29. The molecule has 1 aromatic heterocycles. The average molecular weight is 236 g/mol. The molecule has 0 amide bonds. The molecule has 3 aromatic rings. The van der Waals surface area contributed by atoms with E-state index in [9.17, 15) is 0 Å². The molecule has 0 aliphatic carbocycles. The van der Waals surface area contributed by atoms with Crippen molar-refractivity contribution in [3.63, 3.8) is 0 Å². The first kappa shape index (κ1) is 10.9. The van der Waals surface area contributed by atoms with Crippen molar-refractivity contribution in [2.24, 2.45) is 7.05 Å². The summed E-state index contributed by atoms with van der Waals surface area (Å²) in [5.41, 5.74) is 2.46. The van der Waals surface area contributed by atoms with Crippen molar-refractivity contribution in [3.05, 3.63) is 60.7 Å². The summed E-state index contributed by atoms with van der Waals surface area (Å²) >= 11 is 0. The molecule has 0 bridgehead atoms. The predicted molar refractivity (Wildman–Crippen MR) is 77.4 cm³/mol. The molecule has 3 rings (SSSR count). The number of hydrogen-bond donors (Lipinski definition) is 0. The molecule has 0 unspecified atom stereocenters. The standard InChI is InChI=1S/C16H16N2/c1-17(14-9-4-3-5-10-14)16-12-13-8-6-7-11-15(13)18(16)2/h3-12H,1-2H3. The Balaban J connectivity index is 2.12. The molecule has 2 nitrogen and oxygen atoms in total. The average Bonchev–Trinajstić information content (AvgIpc) is 2.77. The fourth-order valence-corrected chi connectivity index (χ4v) is 2.38. The van der Waals surface area contributed by atoms with Crippen LogP contribution in [0.4, 0.5) is 11.5 Å². The molecule has 0 N–H and O–H groups in total. The van der Waals surface area contributed by atoms with Crippen LogP contribution in [-0.4, -0.2) is 11.6 Å². The lowest BCUT2D eigenvalue weighted by Crippen LogP contribution is -2.12. The van der Waals surface area contributed by atoms with Crippen molar-refractivity contribution in [1.29, 1.82) is 0 Å². The van der Waals surface area contributed by atoms with Gasteiger partial charge in [-0.05, 0) is 24.3 Å². The molecule has 0 radical (unpaired) electrons. The van der Waals surface area contributed by atoms with E-state index in [1.54, 1.807) is 0 Å². The Hall–Kier alpha value is -2.22. The van der Waals surface area contributed by atoms with E-state index in [0.717, 1.165) is 0 Å². The largest absolute Gasteiger partial charge is 0.331 e. The maximum atomic E-state index is 2.22. The molecular weight excluding hydrogens is 220 g/mol. The van der Waals surface area contributed by atoms with E-state index in [-0.39, 0.29) is 0 Å². The molecule has 0 saturated carbocycles. The minimum atomic E-state index is 1.20. The van der Waals surface area contributed by atoms with E-state index in [2.05, 4.69) is 78.2 Å². The number of rotatable bonds is 2. The highest BCUT2D eigenvalue weighted by Gasteiger charge is 2.10. The molecule has 0 spiro atoms. The third kappa shape index (κ3) is 1.66. The number of hydrogen-bond acceptors (Lipinski definition) is 1. The second-order valence-electron chi connectivity index (χ2n) is 4.51. The molecule has 0 aliphatic rings. The number of anilines is 2. The van der Waals surface area contributed by atoms with Gasteiger partial charge in [0.05, 0.1) is 0 Å². The Bertz CT molecular complexity index is 668. The van der Waals surface area contributed by atoms with E-state index < -0.39 is 0 Å². The fourth-order valence-electron chi connectivity index (χ4n) is 2.38. The smallest absolute Gasteiger partial charge is 0.113 e. The summed E-state index contributed by atoms with van der Waals surface area (Å²) in [7, 11) is 4.21. The minimum Gasteiger partial charge on any atom is -0.331 e. The summed E-state index contributed by atoms with van der Waals surface area (Å²) in [6.07, 6.45) is 0. The van der Waals surface area contributed by atoms with Crippen molar-refractivity contribution >= 4 is 22.4 Å². The number of aryl methyl sites for hydroxylation is 1. The zero-order valence-electron chi connectivity index (χ0n) is 10.7. The summed E-state index contributed by atoms with van der Waals surface area (Å²) in [5, 5.41) is 1.28. The first-order chi connectivity index (χ1) is 8.77. The molecule has 90 valence electrons. The minimum absolute atomic E-state index is 1.20. The summed E-state index contributed by atoms with van der Waals surface area (Å²) in [5.74, 6) is 1.20. The van der Waals surface area contributed by atoms with Gasteiger partial charge in [0.2, 0.25) is 0 Å². The van der Waals surface area contributed by atoms with Crippen molar-refractivity contribution in [3.8, 4) is 0 Å². The van der Waals surface area contributed by atoms with Crippen molar-refractivity contribution in [2.45, 2.75) is 0 Å². The predicted octanol–water partition coefficient (Wildman–Crippen LogP) is 3.95. The van der Waals surface area contributed by atoms with E-state index >= 15 is 0 Å². The Labute approximate surface area is 107 Å². The fraction of sp³-hybridized carbons (Fsp3) is 0.125. The van der Waals surface area contributed by atoms with Crippen LogP contribution in [0.3, 0.4) is 0 Å². The summed E-state index contributed by atoms with van der Waals surface area (Å²) < 4.78 is 2.22. The van der Waals surface area contributed by atoms with Crippen LogP contribution in [0, 0.1) is 0 Å². The molecule has 0 aliphatic heterocycles.